The van der Waals surface area contributed by atoms with Crippen LogP contribution in [0.3, 0.4) is 0 Å². The van der Waals surface area contributed by atoms with Crippen LogP contribution in [0.2, 0.25) is 0 Å². The third-order valence-electron chi connectivity index (χ3n) is 6.67. The van der Waals surface area contributed by atoms with E-state index in [1.807, 2.05) is 50.5 Å². The highest BCUT2D eigenvalue weighted by atomic mass is 16.3. The number of phenolic OH excluding ortho intramolecular Hbond substituents is 1. The van der Waals surface area contributed by atoms with Crippen LogP contribution in [0.1, 0.15) is 41.9 Å². The van der Waals surface area contributed by atoms with Crippen molar-refractivity contribution in [3.63, 3.8) is 0 Å². The maximum atomic E-state index is 13.4. The van der Waals surface area contributed by atoms with E-state index < -0.39 is 0 Å². The van der Waals surface area contributed by atoms with Gasteiger partial charge in [-0.3, -0.25) is 4.79 Å². The standard InChI is InChI=1S/C30H28N2O2/c1-30(2)19-28(34)25-18-21-7-5-6-8-27(21)32(23-13-15-24(33)16-14-23)29(25)26(30)17-20-9-11-22(12-10-20)31(3)4/h5-18H,19H2,1-4H3/p+1. The fourth-order valence-electron chi connectivity index (χ4n) is 4.84. The number of para-hydroxylation sites is 1. The van der Waals surface area contributed by atoms with E-state index in [2.05, 4.69) is 59.7 Å². The normalized spacial score (nSPS) is 16.0. The summed E-state index contributed by atoms with van der Waals surface area (Å²) in [5, 5.41) is 10.9. The Kier molecular flexibility index (Phi) is 5.24. The first-order valence-corrected chi connectivity index (χ1v) is 11.5. The van der Waals surface area contributed by atoms with Gasteiger partial charge in [-0.2, -0.15) is 4.57 Å². The SMILES string of the molecule is CN(C)c1ccc(C=C2c3c(cc4ccccc4[n+]3-c3ccc(O)cc3)C(=O)CC2(C)C)cc1. The van der Waals surface area contributed by atoms with E-state index in [0.29, 0.717) is 6.42 Å². The molecule has 0 aliphatic heterocycles. The van der Waals surface area contributed by atoms with Gasteiger partial charge in [0, 0.05) is 60.8 Å². The zero-order valence-electron chi connectivity index (χ0n) is 20.0. The van der Waals surface area contributed by atoms with Crippen LogP contribution in [0.4, 0.5) is 5.69 Å². The Labute approximate surface area is 200 Å². The third-order valence-corrected chi connectivity index (χ3v) is 6.67. The zero-order chi connectivity index (χ0) is 24.0. The Morgan fingerprint density at radius 1 is 0.941 bits per heavy atom. The maximum Gasteiger partial charge on any atom is 0.226 e. The van der Waals surface area contributed by atoms with Gasteiger partial charge in [-0.05, 0) is 48.0 Å². The molecule has 1 aromatic heterocycles. The molecule has 0 saturated carbocycles. The maximum absolute atomic E-state index is 13.4. The number of pyridine rings is 1. The van der Waals surface area contributed by atoms with Crippen molar-refractivity contribution in [2.45, 2.75) is 20.3 Å². The third kappa shape index (κ3) is 3.75. The van der Waals surface area contributed by atoms with Crippen LogP contribution in [0.15, 0.2) is 78.9 Å². The molecule has 0 bridgehead atoms. The minimum absolute atomic E-state index is 0.151. The summed E-state index contributed by atoms with van der Waals surface area (Å²) >= 11 is 0. The van der Waals surface area contributed by atoms with Crippen LogP contribution < -0.4 is 9.47 Å². The van der Waals surface area contributed by atoms with Crippen LogP contribution >= 0.6 is 0 Å². The number of benzene rings is 3. The molecule has 0 radical (unpaired) electrons. The number of carbonyl (C=O) groups excluding carboxylic acids is 1. The Morgan fingerprint density at radius 2 is 1.62 bits per heavy atom. The fraction of sp³-hybridized carbons (Fsp3) is 0.200. The molecule has 0 amide bonds. The first kappa shape index (κ1) is 21.9. The van der Waals surface area contributed by atoms with E-state index in [1.54, 1.807) is 12.1 Å². The number of rotatable bonds is 3. The number of allylic oxidation sites excluding steroid dienone is 1. The number of fused-ring (bicyclic) bond motifs is 2. The fourth-order valence-corrected chi connectivity index (χ4v) is 4.84. The van der Waals surface area contributed by atoms with Gasteiger partial charge in [0.15, 0.2) is 5.78 Å². The molecule has 4 heteroatoms. The lowest BCUT2D eigenvalue weighted by molar-refractivity contribution is -0.570. The largest absolute Gasteiger partial charge is 0.508 e. The molecular formula is C30H29N2O2+. The Hall–Kier alpha value is -3.92. The summed E-state index contributed by atoms with van der Waals surface area (Å²) in [6.07, 6.45) is 2.67. The molecule has 0 fully saturated rings. The van der Waals surface area contributed by atoms with Crippen molar-refractivity contribution in [3.8, 4) is 11.4 Å². The molecule has 1 heterocycles. The zero-order valence-corrected chi connectivity index (χ0v) is 20.0. The number of nitrogens with zero attached hydrogens (tertiary/aromatic N) is 2. The second-order valence-corrected chi connectivity index (χ2v) is 9.85. The average molecular weight is 450 g/mol. The summed E-state index contributed by atoms with van der Waals surface area (Å²) in [7, 11) is 4.07. The van der Waals surface area contributed by atoms with E-state index >= 15 is 0 Å². The quantitative estimate of drug-likeness (QED) is 0.388. The lowest BCUT2D eigenvalue weighted by atomic mass is 9.70. The van der Waals surface area contributed by atoms with Gasteiger partial charge in [0.25, 0.3) is 0 Å². The van der Waals surface area contributed by atoms with E-state index in [0.717, 1.165) is 44.7 Å². The minimum Gasteiger partial charge on any atom is -0.508 e. The van der Waals surface area contributed by atoms with Crippen molar-refractivity contribution < 1.29 is 14.5 Å². The van der Waals surface area contributed by atoms with Crippen molar-refractivity contribution in [3.05, 3.63) is 95.7 Å². The predicted octanol–water partition coefficient (Wildman–Crippen LogP) is 6.04. The molecule has 170 valence electrons. The van der Waals surface area contributed by atoms with Gasteiger partial charge in [-0.1, -0.05) is 38.1 Å². The highest BCUT2D eigenvalue weighted by Gasteiger charge is 2.42. The first-order valence-electron chi connectivity index (χ1n) is 11.5. The van der Waals surface area contributed by atoms with Crippen molar-refractivity contribution in [2.24, 2.45) is 5.41 Å². The summed E-state index contributed by atoms with van der Waals surface area (Å²) in [4.78, 5) is 15.5. The van der Waals surface area contributed by atoms with E-state index in [9.17, 15) is 9.90 Å². The van der Waals surface area contributed by atoms with Gasteiger partial charge in [0.2, 0.25) is 16.9 Å². The Bertz CT molecular complexity index is 1430. The van der Waals surface area contributed by atoms with Gasteiger partial charge in [0.05, 0.1) is 5.56 Å². The van der Waals surface area contributed by atoms with Crippen LogP contribution in [0, 0.1) is 5.41 Å². The molecule has 1 aliphatic rings. The topological polar surface area (TPSA) is 44.4 Å². The number of aromatic nitrogens is 1. The van der Waals surface area contributed by atoms with Crippen LogP contribution in [-0.4, -0.2) is 25.0 Å². The van der Waals surface area contributed by atoms with Crippen LogP contribution in [0.25, 0.3) is 28.2 Å². The van der Waals surface area contributed by atoms with Gasteiger partial charge in [0.1, 0.15) is 5.75 Å². The van der Waals surface area contributed by atoms with Crippen molar-refractivity contribution >= 4 is 34.0 Å². The number of hydrogen-bond acceptors (Lipinski definition) is 3. The summed E-state index contributed by atoms with van der Waals surface area (Å²) in [5.41, 5.74) is 6.61. The molecule has 4 nitrogen and oxygen atoms in total. The molecular weight excluding hydrogens is 420 g/mol. The van der Waals surface area contributed by atoms with Crippen molar-refractivity contribution in [2.75, 3.05) is 19.0 Å². The molecule has 0 unspecified atom stereocenters. The monoisotopic (exact) mass is 449 g/mol. The number of aromatic hydroxyl groups is 1. The van der Waals surface area contributed by atoms with E-state index in [1.165, 1.54) is 0 Å². The van der Waals surface area contributed by atoms with Crippen molar-refractivity contribution in [1.82, 2.24) is 0 Å². The van der Waals surface area contributed by atoms with E-state index in [4.69, 9.17) is 0 Å². The molecule has 0 atom stereocenters. The minimum atomic E-state index is -0.342. The molecule has 34 heavy (non-hydrogen) atoms. The van der Waals surface area contributed by atoms with Crippen LogP contribution in [0.5, 0.6) is 5.75 Å². The number of carbonyl (C=O) groups is 1. The molecule has 3 aromatic carbocycles. The highest BCUT2D eigenvalue weighted by molar-refractivity contribution is 6.08. The first-order chi connectivity index (χ1) is 16.2. The Balaban J connectivity index is 1.84. The summed E-state index contributed by atoms with van der Waals surface area (Å²) in [6.45, 7) is 4.29. The average Bonchev–Trinajstić information content (AvgIpc) is 2.81. The van der Waals surface area contributed by atoms with Gasteiger partial charge in [-0.15, -0.1) is 0 Å². The molecule has 4 aromatic rings. The number of anilines is 1. The number of Topliss-reactive ketones (excluding diaryl/α,β-unsaturated/α-hetero) is 1. The lowest BCUT2D eigenvalue weighted by Crippen LogP contribution is -2.43. The molecule has 0 saturated heterocycles. The Morgan fingerprint density at radius 3 is 2.29 bits per heavy atom. The summed E-state index contributed by atoms with van der Waals surface area (Å²) in [5.74, 6) is 0.366. The van der Waals surface area contributed by atoms with Gasteiger partial charge in [-0.25, -0.2) is 0 Å². The molecule has 1 N–H and O–H groups in total. The number of phenols is 1. The second-order valence-electron chi connectivity index (χ2n) is 9.85. The highest BCUT2D eigenvalue weighted by Crippen LogP contribution is 2.45. The van der Waals surface area contributed by atoms with Gasteiger partial charge < -0.3 is 10.0 Å². The second kappa shape index (κ2) is 8.14. The summed E-state index contributed by atoms with van der Waals surface area (Å²) in [6, 6.07) is 25.8. The summed E-state index contributed by atoms with van der Waals surface area (Å²) < 4.78 is 2.17. The lowest BCUT2D eigenvalue weighted by Gasteiger charge is -2.32. The number of ketones is 1. The van der Waals surface area contributed by atoms with Crippen molar-refractivity contribution in [1.29, 1.82) is 0 Å². The smallest absolute Gasteiger partial charge is 0.226 e. The number of hydrogen-bond donors (Lipinski definition) is 1. The molecule has 5 rings (SSSR count). The molecule has 0 spiro atoms. The van der Waals surface area contributed by atoms with E-state index in [-0.39, 0.29) is 16.9 Å². The van der Waals surface area contributed by atoms with Gasteiger partial charge >= 0.3 is 0 Å². The predicted molar refractivity (Wildman–Crippen MR) is 139 cm³/mol. The van der Waals surface area contributed by atoms with Crippen LogP contribution in [-0.2, 0) is 0 Å². The molecule has 1 aliphatic carbocycles.